The molecular weight excluding hydrogens is 204 g/mol. The van der Waals surface area contributed by atoms with Crippen LogP contribution in [0.25, 0.3) is 0 Å². The van der Waals surface area contributed by atoms with Crippen molar-refractivity contribution in [3.8, 4) is 0 Å². The van der Waals surface area contributed by atoms with Gasteiger partial charge in [0, 0.05) is 39.5 Å². The van der Waals surface area contributed by atoms with Crippen LogP contribution >= 0.6 is 0 Å². The molecule has 0 aliphatic carbocycles. The van der Waals surface area contributed by atoms with E-state index in [-0.39, 0.29) is 0 Å². The van der Waals surface area contributed by atoms with E-state index in [1.165, 1.54) is 38.5 Å². The molecule has 98 valence electrons. The lowest BCUT2D eigenvalue weighted by atomic mass is 10.2. The Balaban J connectivity index is 0.000000217. The van der Waals surface area contributed by atoms with E-state index in [4.69, 9.17) is 20.9 Å². The van der Waals surface area contributed by atoms with Gasteiger partial charge < -0.3 is 20.9 Å². The van der Waals surface area contributed by atoms with Crippen molar-refractivity contribution in [1.82, 2.24) is 0 Å². The van der Waals surface area contributed by atoms with E-state index in [1.807, 2.05) is 0 Å². The molecule has 0 unspecified atom stereocenters. The number of rotatable bonds is 1. The minimum absolute atomic E-state index is 0.597. The van der Waals surface area contributed by atoms with Crippen molar-refractivity contribution in [3.63, 3.8) is 0 Å². The van der Waals surface area contributed by atoms with Crippen LogP contribution in [0.15, 0.2) is 0 Å². The minimum Gasteiger partial charge on any atom is -0.381 e. The maximum atomic E-state index is 5.07. The van der Waals surface area contributed by atoms with Crippen LogP contribution in [0, 0.1) is 0 Å². The first kappa shape index (κ1) is 15.8. The van der Waals surface area contributed by atoms with Crippen LogP contribution in [-0.4, -0.2) is 39.5 Å². The van der Waals surface area contributed by atoms with Crippen molar-refractivity contribution in [3.05, 3.63) is 0 Å². The Morgan fingerprint density at radius 3 is 0.938 bits per heavy atom. The molecule has 0 atom stereocenters. The summed E-state index contributed by atoms with van der Waals surface area (Å²) in [6.07, 6.45) is 7.86. The van der Waals surface area contributed by atoms with E-state index >= 15 is 0 Å². The molecule has 0 aromatic carbocycles. The van der Waals surface area contributed by atoms with Crippen molar-refractivity contribution >= 4 is 0 Å². The molecule has 2 heterocycles. The quantitative estimate of drug-likeness (QED) is 0.714. The van der Waals surface area contributed by atoms with Crippen molar-refractivity contribution < 1.29 is 9.47 Å². The Kier molecular flexibility index (Phi) is 14.7. The van der Waals surface area contributed by atoms with Gasteiger partial charge in [0.1, 0.15) is 0 Å². The highest BCUT2D eigenvalue weighted by atomic mass is 16.5. The predicted molar refractivity (Wildman–Crippen MR) is 67.4 cm³/mol. The second kappa shape index (κ2) is 14.8. The summed E-state index contributed by atoms with van der Waals surface area (Å²) in [4.78, 5) is 0. The first-order chi connectivity index (χ1) is 7.91. The van der Waals surface area contributed by atoms with Crippen LogP contribution in [0.3, 0.4) is 0 Å². The monoisotopic (exact) mass is 232 g/mol. The summed E-state index contributed by atoms with van der Waals surface area (Å²) in [6.45, 7) is 5.19. The highest BCUT2D eigenvalue weighted by Gasteiger charge is 1.95. The van der Waals surface area contributed by atoms with Gasteiger partial charge in [0.25, 0.3) is 0 Å². The van der Waals surface area contributed by atoms with Crippen molar-refractivity contribution in [2.24, 2.45) is 11.5 Å². The van der Waals surface area contributed by atoms with Crippen molar-refractivity contribution in [2.75, 3.05) is 39.5 Å². The Hall–Kier alpha value is -0.160. The number of hydrogen-bond acceptors (Lipinski definition) is 4. The standard InChI is InChI=1S/2C5H10O.C2H8N2/c2*1-2-4-6-5-3-1;3-1-2-4/h2*1-5H2;1-4H2. The topological polar surface area (TPSA) is 70.5 Å². The van der Waals surface area contributed by atoms with E-state index in [9.17, 15) is 0 Å². The summed E-state index contributed by atoms with van der Waals surface area (Å²) in [5, 5.41) is 0. The highest BCUT2D eigenvalue weighted by molar-refractivity contribution is 4.45. The first-order valence-electron chi connectivity index (χ1n) is 6.47. The number of nitrogens with two attached hydrogens (primary N) is 2. The SMILES string of the molecule is C1CCOCC1.C1CCOCC1.NCCN. The highest BCUT2D eigenvalue weighted by Crippen LogP contribution is 2.02. The molecule has 0 amide bonds. The van der Waals surface area contributed by atoms with E-state index in [0.717, 1.165) is 26.4 Å². The third-order valence-electron chi connectivity index (χ3n) is 2.32. The fourth-order valence-corrected chi connectivity index (χ4v) is 1.37. The van der Waals surface area contributed by atoms with Crippen molar-refractivity contribution in [2.45, 2.75) is 38.5 Å². The van der Waals surface area contributed by atoms with Crippen LogP contribution < -0.4 is 11.5 Å². The molecule has 0 bridgehead atoms. The Morgan fingerprint density at radius 1 is 0.562 bits per heavy atom. The molecule has 0 radical (unpaired) electrons. The lowest BCUT2D eigenvalue weighted by molar-refractivity contribution is 0.0967. The van der Waals surface area contributed by atoms with Gasteiger partial charge >= 0.3 is 0 Å². The minimum atomic E-state index is 0.597. The van der Waals surface area contributed by atoms with Gasteiger partial charge in [-0.2, -0.15) is 0 Å². The molecule has 4 N–H and O–H groups in total. The van der Waals surface area contributed by atoms with Crippen LogP contribution in [0.1, 0.15) is 38.5 Å². The van der Waals surface area contributed by atoms with Gasteiger partial charge in [-0.25, -0.2) is 0 Å². The fraction of sp³-hybridized carbons (Fsp3) is 1.00. The molecule has 2 saturated heterocycles. The Labute approximate surface area is 99.7 Å². The predicted octanol–water partition coefficient (Wildman–Crippen LogP) is 1.28. The molecule has 4 heteroatoms. The Bertz CT molecular complexity index is 78.6. The summed E-state index contributed by atoms with van der Waals surface area (Å²) in [5.74, 6) is 0. The smallest absolute Gasteiger partial charge is 0.0466 e. The summed E-state index contributed by atoms with van der Waals surface area (Å²) in [7, 11) is 0. The molecule has 4 nitrogen and oxygen atoms in total. The zero-order valence-corrected chi connectivity index (χ0v) is 10.5. The number of ether oxygens (including phenoxy) is 2. The van der Waals surface area contributed by atoms with E-state index < -0.39 is 0 Å². The van der Waals surface area contributed by atoms with Gasteiger partial charge in [0.15, 0.2) is 0 Å². The zero-order chi connectivity index (χ0) is 11.9. The average Bonchev–Trinajstić information content (AvgIpc) is 2.44. The van der Waals surface area contributed by atoms with Crippen molar-refractivity contribution in [1.29, 1.82) is 0 Å². The van der Waals surface area contributed by atoms with E-state index in [2.05, 4.69) is 0 Å². The van der Waals surface area contributed by atoms with Crippen LogP contribution in [0.5, 0.6) is 0 Å². The second-order valence-electron chi connectivity index (χ2n) is 3.92. The van der Waals surface area contributed by atoms with Gasteiger partial charge in [-0.15, -0.1) is 0 Å². The van der Waals surface area contributed by atoms with E-state index in [0.29, 0.717) is 13.1 Å². The normalized spacial score (nSPS) is 19.9. The zero-order valence-electron chi connectivity index (χ0n) is 10.5. The maximum absolute atomic E-state index is 5.07. The third-order valence-corrected chi connectivity index (χ3v) is 2.32. The average molecular weight is 232 g/mol. The molecule has 2 fully saturated rings. The van der Waals surface area contributed by atoms with Crippen LogP contribution in [-0.2, 0) is 9.47 Å². The largest absolute Gasteiger partial charge is 0.381 e. The van der Waals surface area contributed by atoms with E-state index in [1.54, 1.807) is 0 Å². The van der Waals surface area contributed by atoms with Gasteiger partial charge in [0.2, 0.25) is 0 Å². The summed E-state index contributed by atoms with van der Waals surface area (Å²) in [5.41, 5.74) is 9.81. The first-order valence-corrected chi connectivity index (χ1v) is 6.47. The lowest BCUT2D eigenvalue weighted by Crippen LogP contribution is -2.11. The molecule has 16 heavy (non-hydrogen) atoms. The summed E-state index contributed by atoms with van der Waals surface area (Å²) < 4.78 is 10.1. The summed E-state index contributed by atoms with van der Waals surface area (Å²) in [6, 6.07) is 0. The molecule has 2 aliphatic heterocycles. The molecule has 0 saturated carbocycles. The lowest BCUT2D eigenvalue weighted by Gasteiger charge is -2.08. The molecule has 0 aromatic rings. The Morgan fingerprint density at radius 2 is 0.875 bits per heavy atom. The third kappa shape index (κ3) is 13.8. The summed E-state index contributed by atoms with van der Waals surface area (Å²) >= 11 is 0. The molecule has 0 spiro atoms. The molecule has 2 rings (SSSR count). The van der Waals surface area contributed by atoms with Gasteiger partial charge in [0.05, 0.1) is 0 Å². The van der Waals surface area contributed by atoms with Gasteiger partial charge in [-0.05, 0) is 38.5 Å². The second-order valence-corrected chi connectivity index (χ2v) is 3.92. The molecule has 2 aliphatic rings. The maximum Gasteiger partial charge on any atom is 0.0466 e. The fourth-order valence-electron chi connectivity index (χ4n) is 1.37. The molecule has 0 aromatic heterocycles. The van der Waals surface area contributed by atoms with Gasteiger partial charge in [-0.1, -0.05) is 0 Å². The van der Waals surface area contributed by atoms with Crippen LogP contribution in [0.2, 0.25) is 0 Å². The van der Waals surface area contributed by atoms with Crippen LogP contribution in [0.4, 0.5) is 0 Å². The number of hydrogen-bond donors (Lipinski definition) is 2. The van der Waals surface area contributed by atoms with Gasteiger partial charge in [-0.3, -0.25) is 0 Å². The molecular formula is C12H28N2O2.